The van der Waals surface area contributed by atoms with E-state index in [-0.39, 0.29) is 17.5 Å². The van der Waals surface area contributed by atoms with Crippen molar-refractivity contribution in [1.82, 2.24) is 5.32 Å². The van der Waals surface area contributed by atoms with Crippen LogP contribution in [0, 0.1) is 20.8 Å². The lowest BCUT2D eigenvalue weighted by Gasteiger charge is -2.26. The topological polar surface area (TPSA) is 75.7 Å². The maximum atomic E-state index is 13.6. The zero-order valence-corrected chi connectivity index (χ0v) is 21.1. The maximum absolute atomic E-state index is 13.6. The van der Waals surface area contributed by atoms with Gasteiger partial charge in [-0.05, 0) is 87.7 Å². The molecule has 3 aromatic rings. The van der Waals surface area contributed by atoms with E-state index >= 15 is 0 Å². The van der Waals surface area contributed by atoms with Crippen LogP contribution in [0.2, 0.25) is 0 Å². The largest absolute Gasteiger partial charge is 0.494 e. The van der Waals surface area contributed by atoms with Gasteiger partial charge < -0.3 is 10.1 Å². The van der Waals surface area contributed by atoms with Crippen molar-refractivity contribution in [2.45, 2.75) is 45.6 Å². The molecule has 0 unspecified atom stereocenters. The Morgan fingerprint density at radius 3 is 2.06 bits per heavy atom. The Kier molecular flexibility index (Phi) is 7.99. The smallest absolute Gasteiger partial charge is 0.264 e. The van der Waals surface area contributed by atoms with Crippen molar-refractivity contribution in [2.24, 2.45) is 0 Å². The Balaban J connectivity index is 1.87. The number of ether oxygens (including phenoxy) is 1. The van der Waals surface area contributed by atoms with Crippen LogP contribution in [0.4, 0.5) is 5.69 Å². The van der Waals surface area contributed by atoms with Crippen LogP contribution < -0.4 is 14.4 Å². The minimum atomic E-state index is -3.96. The van der Waals surface area contributed by atoms with Crippen LogP contribution in [0.5, 0.6) is 5.75 Å². The van der Waals surface area contributed by atoms with Crippen molar-refractivity contribution in [1.29, 1.82) is 0 Å². The summed E-state index contributed by atoms with van der Waals surface area (Å²) in [6.45, 7) is 9.73. The second-order valence-corrected chi connectivity index (χ2v) is 10.3. The number of rotatable bonds is 9. The highest BCUT2D eigenvalue weighted by molar-refractivity contribution is 7.92. The summed E-state index contributed by atoms with van der Waals surface area (Å²) in [4.78, 5) is 13.2. The molecular weight excluding hydrogens is 448 g/mol. The first-order chi connectivity index (χ1) is 16.1. The van der Waals surface area contributed by atoms with Crippen molar-refractivity contribution < 1.29 is 17.9 Å². The van der Waals surface area contributed by atoms with Gasteiger partial charge in [-0.15, -0.1) is 0 Å². The van der Waals surface area contributed by atoms with Crippen molar-refractivity contribution in [2.75, 3.05) is 17.5 Å². The van der Waals surface area contributed by atoms with Crippen LogP contribution in [-0.4, -0.2) is 27.5 Å². The second-order valence-electron chi connectivity index (χ2n) is 8.46. The fraction of sp³-hybridized carbons (Fsp3) is 0.296. The summed E-state index contributed by atoms with van der Waals surface area (Å²) in [5, 5.41) is 2.92. The van der Waals surface area contributed by atoms with Gasteiger partial charge in [-0.3, -0.25) is 9.10 Å². The zero-order valence-electron chi connectivity index (χ0n) is 20.3. The Morgan fingerprint density at radius 1 is 0.912 bits per heavy atom. The summed E-state index contributed by atoms with van der Waals surface area (Å²) in [6.07, 6.45) is 0. The molecule has 0 aliphatic carbocycles. The van der Waals surface area contributed by atoms with Gasteiger partial charge in [0.25, 0.3) is 10.0 Å². The Morgan fingerprint density at radius 2 is 1.50 bits per heavy atom. The van der Waals surface area contributed by atoms with E-state index in [1.54, 1.807) is 36.4 Å². The third kappa shape index (κ3) is 6.17. The number of hydrogen-bond acceptors (Lipinski definition) is 4. The highest BCUT2D eigenvalue weighted by atomic mass is 32.2. The summed E-state index contributed by atoms with van der Waals surface area (Å²) < 4.78 is 33.8. The highest BCUT2D eigenvalue weighted by Crippen LogP contribution is 2.26. The van der Waals surface area contributed by atoms with E-state index in [0.717, 1.165) is 28.0 Å². The molecule has 0 aliphatic rings. The molecule has 7 heteroatoms. The molecule has 0 aromatic heterocycles. The number of hydrogen-bond donors (Lipinski definition) is 1. The van der Waals surface area contributed by atoms with E-state index in [1.165, 1.54) is 4.31 Å². The van der Waals surface area contributed by atoms with Crippen LogP contribution >= 0.6 is 0 Å². The molecule has 1 amide bonds. The average Bonchev–Trinajstić information content (AvgIpc) is 2.77. The van der Waals surface area contributed by atoms with Crippen LogP contribution in [0.1, 0.15) is 42.1 Å². The number of nitrogens with zero attached hydrogens (tertiary/aromatic N) is 1. The number of aryl methyl sites for hydroxylation is 3. The fourth-order valence-corrected chi connectivity index (χ4v) is 5.17. The van der Waals surface area contributed by atoms with E-state index in [1.807, 2.05) is 65.0 Å². The molecule has 3 rings (SSSR count). The minimum absolute atomic E-state index is 0.143. The zero-order chi connectivity index (χ0) is 24.9. The first-order valence-corrected chi connectivity index (χ1v) is 12.7. The number of anilines is 1. The molecule has 0 spiro atoms. The predicted octanol–water partition coefficient (Wildman–Crippen LogP) is 5.08. The highest BCUT2D eigenvalue weighted by Gasteiger charge is 2.28. The summed E-state index contributed by atoms with van der Waals surface area (Å²) >= 11 is 0. The molecular formula is C27H32N2O4S. The molecule has 1 N–H and O–H groups in total. The van der Waals surface area contributed by atoms with E-state index < -0.39 is 15.9 Å². The third-order valence-corrected chi connectivity index (χ3v) is 7.25. The molecule has 6 nitrogen and oxygen atoms in total. The maximum Gasteiger partial charge on any atom is 0.264 e. The van der Waals surface area contributed by atoms with E-state index in [9.17, 15) is 13.2 Å². The van der Waals surface area contributed by atoms with Crippen LogP contribution in [0.3, 0.4) is 0 Å². The normalized spacial score (nSPS) is 12.1. The Labute approximate surface area is 202 Å². The molecule has 34 heavy (non-hydrogen) atoms. The molecule has 3 aromatic carbocycles. The molecule has 1 atom stereocenters. The summed E-state index contributed by atoms with van der Waals surface area (Å²) in [5.74, 6) is 0.367. The predicted molar refractivity (Wildman–Crippen MR) is 136 cm³/mol. The number of carbonyl (C=O) groups excluding carboxylic acids is 1. The van der Waals surface area contributed by atoms with E-state index in [4.69, 9.17) is 4.74 Å². The van der Waals surface area contributed by atoms with Gasteiger partial charge in [-0.25, -0.2) is 8.42 Å². The van der Waals surface area contributed by atoms with Gasteiger partial charge >= 0.3 is 0 Å². The monoisotopic (exact) mass is 480 g/mol. The van der Waals surface area contributed by atoms with Crippen LogP contribution in [0.25, 0.3) is 0 Å². The van der Waals surface area contributed by atoms with Gasteiger partial charge in [0.2, 0.25) is 5.91 Å². The molecule has 0 radical (unpaired) electrons. The first-order valence-electron chi connectivity index (χ1n) is 11.3. The molecule has 180 valence electrons. The number of nitrogens with one attached hydrogen (secondary N) is 1. The van der Waals surface area contributed by atoms with Crippen molar-refractivity contribution in [3.05, 3.63) is 89.0 Å². The van der Waals surface area contributed by atoms with Crippen LogP contribution in [0.15, 0.2) is 71.6 Å². The SMILES string of the molecule is CCOc1ccc([C@@H](C)NC(=O)CN(c2cc(C)cc(C)c2)S(=O)(=O)c2ccc(C)cc2)cc1. The molecule has 0 bridgehead atoms. The lowest BCUT2D eigenvalue weighted by molar-refractivity contribution is -0.120. The number of benzene rings is 3. The molecule has 0 saturated carbocycles. The van der Waals surface area contributed by atoms with Crippen LogP contribution in [-0.2, 0) is 14.8 Å². The summed E-state index contributed by atoms with van der Waals surface area (Å²) in [5.41, 5.74) is 4.15. The quantitative estimate of drug-likeness (QED) is 0.463. The molecule has 0 fully saturated rings. The van der Waals surface area contributed by atoms with E-state index in [0.29, 0.717) is 12.3 Å². The average molecular weight is 481 g/mol. The van der Waals surface area contributed by atoms with E-state index in [2.05, 4.69) is 5.32 Å². The summed E-state index contributed by atoms with van der Waals surface area (Å²) in [6, 6.07) is 19.4. The Bertz CT molecular complexity index is 1220. The number of carbonyl (C=O) groups is 1. The number of sulfonamides is 1. The van der Waals surface area contributed by atoms with Crippen molar-refractivity contribution in [3.63, 3.8) is 0 Å². The second kappa shape index (κ2) is 10.7. The lowest BCUT2D eigenvalue weighted by atomic mass is 10.1. The lowest BCUT2D eigenvalue weighted by Crippen LogP contribution is -2.41. The standard InChI is InChI=1S/C27H32N2O4S/c1-6-33-25-11-9-23(10-12-25)22(5)28-27(30)18-29(24-16-20(3)15-21(4)17-24)34(31,32)26-13-7-19(2)8-14-26/h7-17,22H,6,18H2,1-5H3,(H,28,30)/t22-/m1/s1. The molecule has 0 heterocycles. The van der Waals surface area contributed by atoms with Gasteiger partial charge in [0, 0.05) is 0 Å². The van der Waals surface area contributed by atoms with Crippen molar-refractivity contribution >= 4 is 21.6 Å². The van der Waals surface area contributed by atoms with Gasteiger partial charge in [-0.1, -0.05) is 35.9 Å². The van der Waals surface area contributed by atoms with Crippen molar-refractivity contribution in [3.8, 4) is 5.75 Å². The first kappa shape index (κ1) is 25.3. The number of amides is 1. The Hall–Kier alpha value is -3.32. The summed E-state index contributed by atoms with van der Waals surface area (Å²) in [7, 11) is -3.96. The minimum Gasteiger partial charge on any atom is -0.494 e. The van der Waals surface area contributed by atoms with Gasteiger partial charge in [-0.2, -0.15) is 0 Å². The third-order valence-electron chi connectivity index (χ3n) is 5.46. The fourth-order valence-electron chi connectivity index (χ4n) is 3.77. The van der Waals surface area contributed by atoms with Gasteiger partial charge in [0.05, 0.1) is 23.2 Å². The molecule has 0 saturated heterocycles. The molecule has 0 aliphatic heterocycles. The van der Waals surface area contributed by atoms with Gasteiger partial charge in [0.1, 0.15) is 12.3 Å². The van der Waals surface area contributed by atoms with Gasteiger partial charge in [0.15, 0.2) is 0 Å².